The van der Waals surface area contributed by atoms with E-state index in [9.17, 15) is 9.18 Å². The van der Waals surface area contributed by atoms with Gasteiger partial charge in [0, 0.05) is 14.1 Å². The van der Waals surface area contributed by atoms with Crippen molar-refractivity contribution in [2.45, 2.75) is 0 Å². The van der Waals surface area contributed by atoms with Gasteiger partial charge in [-0.1, -0.05) is 6.58 Å². The molecule has 0 heterocycles. The van der Waals surface area contributed by atoms with Crippen molar-refractivity contribution in [2.24, 2.45) is 0 Å². The number of nitrogens with zero attached hydrogens (tertiary/aromatic N) is 1. The Hall–Kier alpha value is -0.860. The zero-order valence-corrected chi connectivity index (χ0v) is 4.94. The van der Waals surface area contributed by atoms with Gasteiger partial charge in [0.25, 0.3) is 5.91 Å². The minimum absolute atomic E-state index is 0.676. The van der Waals surface area contributed by atoms with Gasteiger partial charge in [-0.25, -0.2) is 4.39 Å². The van der Waals surface area contributed by atoms with Crippen LogP contribution in [0.2, 0.25) is 0 Å². The maximum Gasteiger partial charge on any atom is 0.281 e. The number of halogens is 1. The summed E-state index contributed by atoms with van der Waals surface area (Å²) in [6.07, 6.45) is 0. The number of amides is 1. The van der Waals surface area contributed by atoms with E-state index in [1.165, 1.54) is 14.1 Å². The Morgan fingerprint density at radius 3 is 2.00 bits per heavy atom. The Kier molecular flexibility index (Phi) is 2.19. The summed E-state index contributed by atoms with van der Waals surface area (Å²) in [7, 11) is 2.93. The van der Waals surface area contributed by atoms with E-state index >= 15 is 0 Å². The van der Waals surface area contributed by atoms with Gasteiger partial charge >= 0.3 is 0 Å². The first-order valence-corrected chi connectivity index (χ1v) is 2.11. The summed E-state index contributed by atoms with van der Waals surface area (Å²) in [6, 6.07) is 0. The van der Waals surface area contributed by atoms with Gasteiger partial charge in [-0.3, -0.25) is 4.79 Å². The Labute approximate surface area is 47.6 Å². The van der Waals surface area contributed by atoms with E-state index in [1.54, 1.807) is 0 Å². The quantitative estimate of drug-likeness (QED) is 0.459. The molecule has 0 N–H and O–H groups in total. The van der Waals surface area contributed by atoms with Crippen LogP contribution in [0.15, 0.2) is 12.4 Å². The summed E-state index contributed by atoms with van der Waals surface area (Å²) < 4.78 is 11.8. The van der Waals surface area contributed by atoms with Crippen LogP contribution in [0.1, 0.15) is 0 Å². The lowest BCUT2D eigenvalue weighted by Gasteiger charge is -2.05. The van der Waals surface area contributed by atoms with Crippen LogP contribution >= 0.6 is 0 Å². The average Bonchev–Trinajstić information content (AvgIpc) is 1.64. The molecule has 0 aliphatic heterocycles. The summed E-state index contributed by atoms with van der Waals surface area (Å²) >= 11 is 0. The molecule has 0 fully saturated rings. The Bertz CT molecular complexity index is 120. The van der Waals surface area contributed by atoms with Crippen LogP contribution < -0.4 is 0 Å². The number of hydrogen-bond donors (Lipinski definition) is 0. The molecule has 0 saturated heterocycles. The van der Waals surface area contributed by atoms with Gasteiger partial charge in [0.1, 0.15) is 0 Å². The van der Waals surface area contributed by atoms with Crippen LogP contribution in [0.3, 0.4) is 0 Å². The first kappa shape index (κ1) is 7.14. The molecule has 0 rings (SSSR count). The molecule has 0 aliphatic rings. The number of carbonyl (C=O) groups excluding carboxylic acids is 1. The molecule has 0 aliphatic carbocycles. The molecule has 0 aromatic heterocycles. The first-order chi connectivity index (χ1) is 3.55. The van der Waals surface area contributed by atoms with Crippen LogP contribution in [-0.4, -0.2) is 24.9 Å². The fraction of sp³-hybridized carbons (Fsp3) is 0.400. The van der Waals surface area contributed by atoms with Gasteiger partial charge in [-0.05, 0) is 0 Å². The van der Waals surface area contributed by atoms with E-state index in [-0.39, 0.29) is 0 Å². The van der Waals surface area contributed by atoms with Crippen LogP contribution in [0.25, 0.3) is 0 Å². The lowest BCUT2D eigenvalue weighted by molar-refractivity contribution is -0.126. The van der Waals surface area contributed by atoms with Gasteiger partial charge in [-0.2, -0.15) is 0 Å². The van der Waals surface area contributed by atoms with Gasteiger partial charge in [0.05, 0.1) is 0 Å². The number of likely N-dealkylation sites (N-methyl/N-ethyl adjacent to an activating group) is 1. The largest absolute Gasteiger partial charge is 0.343 e. The van der Waals surface area contributed by atoms with Crippen molar-refractivity contribution in [3.8, 4) is 0 Å². The molecule has 2 nitrogen and oxygen atoms in total. The van der Waals surface area contributed by atoms with Crippen molar-refractivity contribution in [1.29, 1.82) is 0 Å². The van der Waals surface area contributed by atoms with Crippen molar-refractivity contribution < 1.29 is 9.18 Å². The standard InChI is InChI=1S/C5H8FNO/c1-4(6)5(8)7(2)3/h1H2,2-3H3. The first-order valence-electron chi connectivity index (χ1n) is 2.11. The molecule has 46 valence electrons. The number of rotatable bonds is 1. The molecule has 0 atom stereocenters. The third kappa shape index (κ3) is 1.73. The van der Waals surface area contributed by atoms with Gasteiger partial charge in [0.15, 0.2) is 5.83 Å². The maximum atomic E-state index is 11.8. The molecule has 0 aromatic rings. The van der Waals surface area contributed by atoms with Crippen molar-refractivity contribution in [3.05, 3.63) is 12.4 Å². The topological polar surface area (TPSA) is 20.3 Å². The lowest BCUT2D eigenvalue weighted by atomic mass is 10.5. The molecule has 0 spiro atoms. The smallest absolute Gasteiger partial charge is 0.281 e. The third-order valence-corrected chi connectivity index (χ3v) is 0.638. The van der Waals surface area contributed by atoms with E-state index in [0.29, 0.717) is 0 Å². The second-order valence-corrected chi connectivity index (χ2v) is 1.60. The van der Waals surface area contributed by atoms with E-state index in [0.717, 1.165) is 4.90 Å². The lowest BCUT2D eigenvalue weighted by Crippen LogP contribution is -2.21. The van der Waals surface area contributed by atoms with E-state index in [4.69, 9.17) is 0 Å². The normalized spacial score (nSPS) is 8.38. The van der Waals surface area contributed by atoms with Crippen molar-refractivity contribution in [1.82, 2.24) is 4.90 Å². The van der Waals surface area contributed by atoms with E-state index in [1.807, 2.05) is 0 Å². The highest BCUT2D eigenvalue weighted by Gasteiger charge is 2.05. The summed E-state index contributed by atoms with van der Waals surface area (Å²) in [5.74, 6) is -1.60. The summed E-state index contributed by atoms with van der Waals surface area (Å²) in [5, 5.41) is 0. The fourth-order valence-corrected chi connectivity index (χ4v) is 0.243. The molecule has 0 unspecified atom stereocenters. The van der Waals surface area contributed by atoms with E-state index in [2.05, 4.69) is 6.58 Å². The average molecular weight is 117 g/mol. The Balaban J connectivity index is 3.84. The van der Waals surface area contributed by atoms with Crippen molar-refractivity contribution in [3.63, 3.8) is 0 Å². The number of hydrogen-bond acceptors (Lipinski definition) is 1. The summed E-state index contributed by atoms with van der Waals surface area (Å²) in [6.45, 7) is 2.82. The predicted octanol–water partition coefficient (Wildman–Crippen LogP) is 0.558. The zero-order chi connectivity index (χ0) is 6.73. The van der Waals surface area contributed by atoms with Gasteiger partial charge in [-0.15, -0.1) is 0 Å². The fourth-order valence-electron chi connectivity index (χ4n) is 0.243. The second-order valence-electron chi connectivity index (χ2n) is 1.60. The van der Waals surface area contributed by atoms with Gasteiger partial charge < -0.3 is 4.90 Å². The molecule has 3 heteroatoms. The van der Waals surface area contributed by atoms with Crippen LogP contribution in [0.4, 0.5) is 4.39 Å². The SMILES string of the molecule is C=C(F)C(=O)N(C)C. The molecule has 1 amide bonds. The van der Waals surface area contributed by atoms with Crippen molar-refractivity contribution in [2.75, 3.05) is 14.1 Å². The Morgan fingerprint density at radius 1 is 1.62 bits per heavy atom. The second kappa shape index (κ2) is 2.45. The minimum atomic E-state index is -0.921. The molecule has 0 radical (unpaired) electrons. The van der Waals surface area contributed by atoms with Crippen LogP contribution in [0, 0.1) is 0 Å². The minimum Gasteiger partial charge on any atom is -0.343 e. The highest BCUT2D eigenvalue weighted by Crippen LogP contribution is 1.93. The highest BCUT2D eigenvalue weighted by atomic mass is 19.1. The van der Waals surface area contributed by atoms with Crippen LogP contribution in [0.5, 0.6) is 0 Å². The molecule has 0 aromatic carbocycles. The van der Waals surface area contributed by atoms with Gasteiger partial charge in [0.2, 0.25) is 0 Å². The highest BCUT2D eigenvalue weighted by molar-refractivity contribution is 5.90. The Morgan fingerprint density at radius 2 is 2.00 bits per heavy atom. The molecule has 0 bridgehead atoms. The summed E-state index contributed by atoms with van der Waals surface area (Å²) in [4.78, 5) is 11.4. The monoisotopic (exact) mass is 117 g/mol. The molecular formula is C5H8FNO. The van der Waals surface area contributed by atoms with Crippen LogP contribution in [-0.2, 0) is 4.79 Å². The molecular weight excluding hydrogens is 109 g/mol. The predicted molar refractivity (Wildman–Crippen MR) is 28.9 cm³/mol. The van der Waals surface area contributed by atoms with Crippen molar-refractivity contribution >= 4 is 5.91 Å². The summed E-state index contributed by atoms with van der Waals surface area (Å²) in [5.41, 5.74) is 0. The zero-order valence-electron chi connectivity index (χ0n) is 4.94. The molecule has 8 heavy (non-hydrogen) atoms. The molecule has 0 saturated carbocycles. The van der Waals surface area contributed by atoms with E-state index < -0.39 is 11.7 Å². The number of carbonyl (C=O) groups is 1. The maximum absolute atomic E-state index is 11.8. The third-order valence-electron chi connectivity index (χ3n) is 0.638.